The molecule has 0 heterocycles. The van der Waals surface area contributed by atoms with Gasteiger partial charge >= 0.3 is 5.97 Å². The van der Waals surface area contributed by atoms with Gasteiger partial charge in [0, 0.05) is 6.04 Å². The zero-order valence-corrected chi connectivity index (χ0v) is 12.1. The fourth-order valence-electron chi connectivity index (χ4n) is 2.03. The van der Waals surface area contributed by atoms with Crippen molar-refractivity contribution in [2.75, 3.05) is 0 Å². The molecule has 5 heteroatoms. The first kappa shape index (κ1) is 16.0. The van der Waals surface area contributed by atoms with Gasteiger partial charge in [-0.15, -0.1) is 0 Å². The lowest BCUT2D eigenvalue weighted by molar-refractivity contribution is -0.147. The summed E-state index contributed by atoms with van der Waals surface area (Å²) in [4.78, 5) is 10.7. The number of aliphatic carboxylic acids is 1. The molecule has 2 atom stereocenters. The summed E-state index contributed by atoms with van der Waals surface area (Å²) in [5.74, 6) is -0.588. The second-order valence-corrected chi connectivity index (χ2v) is 5.07. The van der Waals surface area contributed by atoms with Crippen molar-refractivity contribution in [3.63, 3.8) is 0 Å². The topological polar surface area (TPSA) is 92.8 Å². The molecule has 0 amide bonds. The van der Waals surface area contributed by atoms with Crippen LogP contribution in [0.5, 0.6) is 5.75 Å². The highest BCUT2D eigenvalue weighted by Gasteiger charge is 2.22. The molecule has 2 aromatic carbocycles. The first-order valence-corrected chi connectivity index (χ1v) is 6.98. The van der Waals surface area contributed by atoms with Crippen LogP contribution < -0.4 is 10.5 Å². The summed E-state index contributed by atoms with van der Waals surface area (Å²) in [5, 5.41) is 18.1. The molecule has 0 aliphatic heterocycles. The maximum atomic E-state index is 10.7. The Balaban J connectivity index is 1.89. The van der Waals surface area contributed by atoms with Crippen molar-refractivity contribution in [1.82, 2.24) is 0 Å². The molecular formula is C17H19NO4. The van der Waals surface area contributed by atoms with Crippen molar-refractivity contribution in [1.29, 1.82) is 0 Å². The number of aliphatic hydroxyl groups is 1. The van der Waals surface area contributed by atoms with E-state index >= 15 is 0 Å². The van der Waals surface area contributed by atoms with Gasteiger partial charge in [0.1, 0.15) is 12.4 Å². The Bertz CT molecular complexity index is 598. The number of ether oxygens (including phenoxy) is 1. The van der Waals surface area contributed by atoms with E-state index in [1.807, 2.05) is 42.5 Å². The van der Waals surface area contributed by atoms with Crippen LogP contribution in [0.15, 0.2) is 54.6 Å². The zero-order chi connectivity index (χ0) is 15.9. The van der Waals surface area contributed by atoms with Crippen LogP contribution in [0.4, 0.5) is 0 Å². The first-order valence-electron chi connectivity index (χ1n) is 6.98. The van der Waals surface area contributed by atoms with Crippen LogP contribution in [0.3, 0.4) is 0 Å². The molecule has 4 N–H and O–H groups in total. The van der Waals surface area contributed by atoms with Crippen molar-refractivity contribution in [2.45, 2.75) is 25.2 Å². The van der Waals surface area contributed by atoms with Gasteiger partial charge < -0.3 is 20.7 Å². The van der Waals surface area contributed by atoms with Gasteiger partial charge in [0.25, 0.3) is 0 Å². The summed E-state index contributed by atoms with van der Waals surface area (Å²) in [7, 11) is 0. The van der Waals surface area contributed by atoms with Gasteiger partial charge in [-0.2, -0.15) is 0 Å². The van der Waals surface area contributed by atoms with E-state index in [0.717, 1.165) is 16.9 Å². The van der Waals surface area contributed by atoms with E-state index in [9.17, 15) is 9.90 Å². The first-order chi connectivity index (χ1) is 10.6. The molecule has 0 aliphatic carbocycles. The highest BCUT2D eigenvalue weighted by molar-refractivity contribution is 5.72. The van der Waals surface area contributed by atoms with Crippen molar-refractivity contribution in [2.24, 2.45) is 5.73 Å². The minimum absolute atomic E-state index is 0.284. The van der Waals surface area contributed by atoms with E-state index in [2.05, 4.69) is 0 Å². The third-order valence-electron chi connectivity index (χ3n) is 3.30. The van der Waals surface area contributed by atoms with Crippen molar-refractivity contribution in [3.05, 3.63) is 65.7 Å². The predicted molar refractivity (Wildman–Crippen MR) is 82.5 cm³/mol. The fraction of sp³-hybridized carbons (Fsp3) is 0.235. The number of aliphatic hydroxyl groups excluding tert-OH is 1. The number of carboxylic acids is 1. The molecule has 2 rings (SSSR count). The summed E-state index contributed by atoms with van der Waals surface area (Å²) in [6, 6.07) is 16.2. The Morgan fingerprint density at radius 2 is 1.68 bits per heavy atom. The van der Waals surface area contributed by atoms with Crippen molar-refractivity contribution in [3.8, 4) is 5.75 Å². The van der Waals surface area contributed by atoms with E-state index in [4.69, 9.17) is 15.6 Å². The minimum Gasteiger partial charge on any atom is -0.489 e. The molecule has 5 nitrogen and oxygen atoms in total. The van der Waals surface area contributed by atoms with E-state index in [0.29, 0.717) is 6.61 Å². The molecule has 0 radical (unpaired) electrons. The Labute approximate surface area is 129 Å². The lowest BCUT2D eigenvalue weighted by Gasteiger charge is -2.15. The average molecular weight is 301 g/mol. The van der Waals surface area contributed by atoms with Gasteiger partial charge in [-0.05, 0) is 29.7 Å². The normalized spacial score (nSPS) is 13.4. The second kappa shape index (κ2) is 7.59. The van der Waals surface area contributed by atoms with Gasteiger partial charge in [0.2, 0.25) is 0 Å². The quantitative estimate of drug-likeness (QED) is 0.722. The highest BCUT2D eigenvalue weighted by atomic mass is 16.5. The summed E-state index contributed by atoms with van der Waals surface area (Å²) < 4.78 is 5.66. The number of rotatable bonds is 7. The summed E-state index contributed by atoms with van der Waals surface area (Å²) >= 11 is 0. The van der Waals surface area contributed by atoms with E-state index in [-0.39, 0.29) is 6.42 Å². The molecule has 2 aromatic rings. The van der Waals surface area contributed by atoms with Gasteiger partial charge in [-0.3, -0.25) is 0 Å². The van der Waals surface area contributed by atoms with E-state index in [1.54, 1.807) is 12.1 Å². The van der Waals surface area contributed by atoms with Crippen LogP contribution in [-0.4, -0.2) is 28.3 Å². The molecule has 0 bridgehead atoms. The number of carboxylic acid groups (broad SMARTS) is 1. The van der Waals surface area contributed by atoms with Crippen LogP contribution in [0.2, 0.25) is 0 Å². The maximum Gasteiger partial charge on any atom is 0.334 e. The number of benzene rings is 2. The Kier molecular flexibility index (Phi) is 5.52. The standard InChI is InChI=1S/C17H19NO4/c18-15(16(19)17(20)21)10-12-6-8-14(9-7-12)22-11-13-4-2-1-3-5-13/h1-9,15-16,19H,10-11,18H2,(H,20,21). The largest absolute Gasteiger partial charge is 0.489 e. The molecule has 0 saturated heterocycles. The Morgan fingerprint density at radius 1 is 1.05 bits per heavy atom. The lowest BCUT2D eigenvalue weighted by atomic mass is 10.0. The van der Waals surface area contributed by atoms with Crippen molar-refractivity contribution >= 4 is 5.97 Å². The lowest BCUT2D eigenvalue weighted by Crippen LogP contribution is -2.41. The SMILES string of the molecule is NC(Cc1ccc(OCc2ccccc2)cc1)C(O)C(=O)O. The summed E-state index contributed by atoms with van der Waals surface area (Å²) in [6.45, 7) is 0.484. The fourth-order valence-corrected chi connectivity index (χ4v) is 2.03. The average Bonchev–Trinajstić information content (AvgIpc) is 2.54. The molecule has 22 heavy (non-hydrogen) atoms. The van der Waals surface area contributed by atoms with Gasteiger partial charge in [0.05, 0.1) is 0 Å². The van der Waals surface area contributed by atoms with Gasteiger partial charge in [-0.1, -0.05) is 42.5 Å². The molecule has 0 aromatic heterocycles. The maximum absolute atomic E-state index is 10.7. The summed E-state index contributed by atoms with van der Waals surface area (Å²) in [5.41, 5.74) is 7.59. The van der Waals surface area contributed by atoms with Crippen molar-refractivity contribution < 1.29 is 19.7 Å². The minimum atomic E-state index is -1.56. The predicted octanol–water partition coefficient (Wildman–Crippen LogP) is 1.58. The molecule has 0 spiro atoms. The third-order valence-corrected chi connectivity index (χ3v) is 3.30. The number of hydrogen-bond donors (Lipinski definition) is 3. The van der Waals surface area contributed by atoms with Crippen LogP contribution in [0, 0.1) is 0 Å². The van der Waals surface area contributed by atoms with Crippen LogP contribution in [0.1, 0.15) is 11.1 Å². The second-order valence-electron chi connectivity index (χ2n) is 5.07. The van der Waals surface area contributed by atoms with E-state index in [1.165, 1.54) is 0 Å². The molecule has 0 saturated carbocycles. The summed E-state index contributed by atoms with van der Waals surface area (Å²) in [6.07, 6.45) is -1.28. The van der Waals surface area contributed by atoms with Gasteiger partial charge in [-0.25, -0.2) is 4.79 Å². The number of hydrogen-bond acceptors (Lipinski definition) is 4. The molecule has 0 aliphatic rings. The van der Waals surface area contributed by atoms with Gasteiger partial charge in [0.15, 0.2) is 6.10 Å². The highest BCUT2D eigenvalue weighted by Crippen LogP contribution is 2.15. The number of carbonyl (C=O) groups is 1. The Morgan fingerprint density at radius 3 is 2.27 bits per heavy atom. The molecule has 116 valence electrons. The van der Waals surface area contributed by atoms with E-state index < -0.39 is 18.1 Å². The van der Waals surface area contributed by atoms with Crippen LogP contribution in [0.25, 0.3) is 0 Å². The zero-order valence-electron chi connectivity index (χ0n) is 12.1. The Hall–Kier alpha value is -2.37. The molecular weight excluding hydrogens is 282 g/mol. The number of nitrogens with two attached hydrogens (primary N) is 1. The van der Waals surface area contributed by atoms with Crippen LogP contribution >= 0.6 is 0 Å². The van der Waals surface area contributed by atoms with Crippen LogP contribution in [-0.2, 0) is 17.8 Å². The smallest absolute Gasteiger partial charge is 0.334 e. The molecule has 2 unspecified atom stereocenters. The monoisotopic (exact) mass is 301 g/mol. The third kappa shape index (κ3) is 4.58. The molecule has 0 fully saturated rings.